The molecule has 2 aromatic rings. The molecule has 4 nitrogen and oxygen atoms in total. The van der Waals surface area contributed by atoms with Gasteiger partial charge in [-0.05, 0) is 76.1 Å². The van der Waals surface area contributed by atoms with Crippen LogP contribution in [0.4, 0.5) is 0 Å². The molecule has 0 radical (unpaired) electrons. The molecule has 0 aliphatic carbocycles. The molecule has 172 valence electrons. The van der Waals surface area contributed by atoms with E-state index in [2.05, 4.69) is 76.2 Å². The van der Waals surface area contributed by atoms with Crippen LogP contribution in [0, 0.1) is 0 Å². The van der Waals surface area contributed by atoms with Crippen LogP contribution in [0.3, 0.4) is 0 Å². The molecule has 2 rings (SSSR count). The van der Waals surface area contributed by atoms with Crippen LogP contribution in [0.5, 0.6) is 0 Å². The molecule has 0 aliphatic rings. The Balaban J connectivity index is 1.59. The Labute approximate surface area is 190 Å². The fourth-order valence-electron chi connectivity index (χ4n) is 3.86. The minimum absolute atomic E-state index is 0.831. The lowest BCUT2D eigenvalue weighted by molar-refractivity contribution is 0.258. The van der Waals surface area contributed by atoms with Crippen LogP contribution in [0.2, 0.25) is 0 Å². The first-order valence-electron chi connectivity index (χ1n) is 12.3. The fourth-order valence-corrected chi connectivity index (χ4v) is 3.86. The Hall–Kier alpha value is -1.72. The second-order valence-corrected chi connectivity index (χ2v) is 8.43. The second kappa shape index (κ2) is 17.9. The van der Waals surface area contributed by atoms with Gasteiger partial charge >= 0.3 is 0 Å². The highest BCUT2D eigenvalue weighted by Crippen LogP contribution is 2.05. The van der Waals surface area contributed by atoms with Crippen molar-refractivity contribution in [1.82, 2.24) is 15.5 Å². The average molecular weight is 425 g/mol. The van der Waals surface area contributed by atoms with Gasteiger partial charge in [0.15, 0.2) is 0 Å². The van der Waals surface area contributed by atoms with Crippen LogP contribution < -0.4 is 16.4 Å². The highest BCUT2D eigenvalue weighted by molar-refractivity contribution is 5.14. The average Bonchev–Trinajstić information content (AvgIpc) is 2.81. The largest absolute Gasteiger partial charge is 0.330 e. The van der Waals surface area contributed by atoms with Crippen LogP contribution in [0.1, 0.15) is 56.1 Å². The van der Waals surface area contributed by atoms with E-state index in [-0.39, 0.29) is 0 Å². The second-order valence-electron chi connectivity index (χ2n) is 8.43. The molecule has 0 atom stereocenters. The van der Waals surface area contributed by atoms with Crippen molar-refractivity contribution in [3.05, 3.63) is 71.8 Å². The van der Waals surface area contributed by atoms with Crippen LogP contribution in [-0.2, 0) is 13.1 Å². The predicted molar refractivity (Wildman–Crippen MR) is 134 cm³/mol. The van der Waals surface area contributed by atoms with E-state index in [9.17, 15) is 0 Å². The first-order valence-corrected chi connectivity index (χ1v) is 12.3. The molecular formula is C27H44N4. The maximum absolute atomic E-state index is 5.60. The minimum Gasteiger partial charge on any atom is -0.330 e. The Morgan fingerprint density at radius 1 is 0.548 bits per heavy atom. The van der Waals surface area contributed by atoms with E-state index in [1.807, 2.05) is 0 Å². The van der Waals surface area contributed by atoms with Gasteiger partial charge in [-0.1, -0.05) is 79.9 Å². The van der Waals surface area contributed by atoms with Gasteiger partial charge in [-0.25, -0.2) is 0 Å². The topological polar surface area (TPSA) is 53.3 Å². The Morgan fingerprint density at radius 2 is 1.00 bits per heavy atom. The number of nitrogens with one attached hydrogen (secondary N) is 2. The molecule has 0 aromatic heterocycles. The van der Waals surface area contributed by atoms with Gasteiger partial charge in [0.25, 0.3) is 0 Å². The van der Waals surface area contributed by atoms with Crippen LogP contribution in [0.15, 0.2) is 60.7 Å². The van der Waals surface area contributed by atoms with Crippen molar-refractivity contribution in [1.29, 1.82) is 0 Å². The van der Waals surface area contributed by atoms with Crippen molar-refractivity contribution in [2.45, 2.75) is 58.0 Å². The predicted octanol–water partition coefficient (Wildman–Crippen LogP) is 4.56. The normalized spacial score (nSPS) is 11.3. The molecule has 4 N–H and O–H groups in total. The van der Waals surface area contributed by atoms with Crippen molar-refractivity contribution < 1.29 is 0 Å². The summed E-state index contributed by atoms with van der Waals surface area (Å²) in [4.78, 5) is 2.66. The quantitative estimate of drug-likeness (QED) is 0.289. The van der Waals surface area contributed by atoms with Crippen LogP contribution in [0.25, 0.3) is 0 Å². The molecule has 0 spiro atoms. The Kier molecular flexibility index (Phi) is 14.8. The highest BCUT2D eigenvalue weighted by atomic mass is 15.1. The molecule has 0 saturated heterocycles. The summed E-state index contributed by atoms with van der Waals surface area (Å²) in [5, 5.41) is 7.18. The summed E-state index contributed by atoms with van der Waals surface area (Å²) in [6.45, 7) is 8.50. The van der Waals surface area contributed by atoms with E-state index in [1.165, 1.54) is 75.7 Å². The molecule has 0 fully saturated rings. The first kappa shape index (κ1) is 25.5. The number of benzene rings is 2. The van der Waals surface area contributed by atoms with Crippen molar-refractivity contribution in [3.63, 3.8) is 0 Å². The smallest absolute Gasteiger partial charge is 0.0205 e. The van der Waals surface area contributed by atoms with Gasteiger partial charge in [0.05, 0.1) is 0 Å². The monoisotopic (exact) mass is 424 g/mol. The summed E-state index contributed by atoms with van der Waals surface area (Å²) >= 11 is 0. The van der Waals surface area contributed by atoms with Crippen molar-refractivity contribution >= 4 is 0 Å². The lowest BCUT2D eigenvalue weighted by atomic mass is 10.1. The van der Waals surface area contributed by atoms with Crippen LogP contribution in [-0.4, -0.2) is 44.2 Å². The molecule has 4 heteroatoms. The molecule has 2 aromatic carbocycles. The number of nitrogens with zero attached hydrogens (tertiary/aromatic N) is 1. The molecular weight excluding hydrogens is 380 g/mol. The van der Waals surface area contributed by atoms with Crippen LogP contribution >= 0.6 is 0 Å². The van der Waals surface area contributed by atoms with Gasteiger partial charge in [0.1, 0.15) is 0 Å². The lowest BCUT2D eigenvalue weighted by Crippen LogP contribution is -2.31. The molecule has 0 amide bonds. The Bertz CT molecular complexity index is 583. The van der Waals surface area contributed by atoms with Gasteiger partial charge < -0.3 is 21.3 Å². The van der Waals surface area contributed by atoms with E-state index in [4.69, 9.17) is 5.73 Å². The molecule has 0 aliphatic heterocycles. The fraction of sp³-hybridized carbons (Fsp3) is 0.556. The maximum Gasteiger partial charge on any atom is 0.0205 e. The summed E-state index contributed by atoms with van der Waals surface area (Å²) in [6, 6.07) is 21.3. The van der Waals surface area contributed by atoms with Gasteiger partial charge in [-0.15, -0.1) is 0 Å². The Morgan fingerprint density at radius 3 is 1.52 bits per heavy atom. The van der Waals surface area contributed by atoms with Gasteiger partial charge in [0, 0.05) is 13.1 Å². The number of hydrogen-bond donors (Lipinski definition) is 3. The highest BCUT2D eigenvalue weighted by Gasteiger charge is 2.05. The van der Waals surface area contributed by atoms with Crippen molar-refractivity contribution in [2.24, 2.45) is 5.73 Å². The van der Waals surface area contributed by atoms with E-state index in [0.717, 1.165) is 32.7 Å². The van der Waals surface area contributed by atoms with E-state index in [0.29, 0.717) is 0 Å². The third-order valence-corrected chi connectivity index (χ3v) is 5.68. The summed E-state index contributed by atoms with van der Waals surface area (Å²) in [7, 11) is 0. The van der Waals surface area contributed by atoms with E-state index >= 15 is 0 Å². The van der Waals surface area contributed by atoms with E-state index in [1.54, 1.807) is 0 Å². The zero-order valence-electron chi connectivity index (χ0n) is 19.4. The molecule has 31 heavy (non-hydrogen) atoms. The number of unbranched alkanes of at least 4 members (excludes halogenated alkanes) is 4. The van der Waals surface area contributed by atoms with Crippen molar-refractivity contribution in [3.8, 4) is 0 Å². The van der Waals surface area contributed by atoms with Crippen molar-refractivity contribution in [2.75, 3.05) is 39.3 Å². The minimum atomic E-state index is 0.831. The number of rotatable bonds is 19. The first-order chi connectivity index (χ1) is 15.4. The number of nitrogens with two attached hydrogens (primary N) is 1. The molecule has 0 unspecified atom stereocenters. The molecule has 0 saturated carbocycles. The lowest BCUT2D eigenvalue weighted by Gasteiger charge is -2.22. The van der Waals surface area contributed by atoms with Gasteiger partial charge in [-0.2, -0.15) is 0 Å². The zero-order chi connectivity index (χ0) is 21.8. The summed E-state index contributed by atoms with van der Waals surface area (Å²) < 4.78 is 0. The molecule has 0 heterocycles. The zero-order valence-corrected chi connectivity index (χ0v) is 19.4. The van der Waals surface area contributed by atoms with Gasteiger partial charge in [-0.3, -0.25) is 0 Å². The summed E-state index contributed by atoms with van der Waals surface area (Å²) in [5.74, 6) is 0. The summed E-state index contributed by atoms with van der Waals surface area (Å²) in [5.41, 5.74) is 8.33. The van der Waals surface area contributed by atoms with Gasteiger partial charge in [0.2, 0.25) is 0 Å². The maximum atomic E-state index is 5.60. The third kappa shape index (κ3) is 13.3. The van der Waals surface area contributed by atoms with E-state index < -0.39 is 0 Å². The third-order valence-electron chi connectivity index (χ3n) is 5.68. The molecule has 0 bridgehead atoms. The standard InChI is InChI=1S/C27H44N4/c28-18-10-2-1-3-11-21-31(22-12-19-29-24-26-14-6-4-7-15-26)23-13-20-30-25-27-16-8-5-9-17-27/h4-9,14-17,29-30H,1-3,10-13,18-25,28H2. The summed E-state index contributed by atoms with van der Waals surface area (Å²) in [6.07, 6.45) is 8.82. The SMILES string of the molecule is NCCCCCCCN(CCCNCc1ccccc1)CCCNCc1ccccc1. The number of hydrogen-bond acceptors (Lipinski definition) is 4.